The van der Waals surface area contributed by atoms with Gasteiger partial charge in [-0.25, -0.2) is 0 Å². The summed E-state index contributed by atoms with van der Waals surface area (Å²) < 4.78 is 0. The first kappa shape index (κ1) is 14.7. The Morgan fingerprint density at radius 1 is 1.19 bits per heavy atom. The summed E-state index contributed by atoms with van der Waals surface area (Å²) in [5.41, 5.74) is 3.54. The van der Waals surface area contributed by atoms with E-state index >= 15 is 0 Å². The second-order valence-corrected chi connectivity index (χ2v) is 6.37. The van der Waals surface area contributed by atoms with Crippen molar-refractivity contribution in [3.05, 3.63) is 63.1 Å². The van der Waals surface area contributed by atoms with Crippen LogP contribution in [-0.2, 0) is 6.42 Å². The van der Waals surface area contributed by atoms with Crippen LogP contribution in [0.2, 0.25) is 10.0 Å². The quantitative estimate of drug-likeness (QED) is 0.830. The molecule has 110 valence electrons. The lowest BCUT2D eigenvalue weighted by molar-refractivity contribution is 0.464. The summed E-state index contributed by atoms with van der Waals surface area (Å²) in [7, 11) is 0. The van der Waals surface area contributed by atoms with Crippen LogP contribution in [-0.4, -0.2) is 5.11 Å². The highest BCUT2D eigenvalue weighted by atomic mass is 35.5. The van der Waals surface area contributed by atoms with E-state index in [0.717, 1.165) is 18.4 Å². The normalized spacial score (nSPS) is 18.5. The molecule has 0 saturated heterocycles. The fourth-order valence-electron chi connectivity index (χ4n) is 3.02. The average Bonchev–Trinajstić information content (AvgIpc) is 2.80. The molecule has 2 unspecified atom stereocenters. The van der Waals surface area contributed by atoms with E-state index in [2.05, 4.69) is 12.2 Å². The van der Waals surface area contributed by atoms with Gasteiger partial charge in [0.2, 0.25) is 0 Å². The number of aryl methyl sites for hydroxylation is 1. The molecule has 3 rings (SSSR count). The van der Waals surface area contributed by atoms with Crippen molar-refractivity contribution in [3.63, 3.8) is 0 Å². The van der Waals surface area contributed by atoms with Crippen LogP contribution in [0.15, 0.2) is 36.4 Å². The molecule has 21 heavy (non-hydrogen) atoms. The van der Waals surface area contributed by atoms with Crippen molar-refractivity contribution in [1.29, 1.82) is 0 Å². The first-order valence-electron chi connectivity index (χ1n) is 7.07. The molecule has 4 heteroatoms. The zero-order valence-electron chi connectivity index (χ0n) is 11.7. The Morgan fingerprint density at radius 2 is 2.00 bits per heavy atom. The highest BCUT2D eigenvalue weighted by Gasteiger charge is 2.24. The van der Waals surface area contributed by atoms with Crippen LogP contribution in [0, 0.1) is 0 Å². The Labute approximate surface area is 134 Å². The highest BCUT2D eigenvalue weighted by molar-refractivity contribution is 6.35. The lowest BCUT2D eigenvalue weighted by atomic mass is 10.0. The molecule has 2 atom stereocenters. The van der Waals surface area contributed by atoms with Gasteiger partial charge in [-0.15, -0.1) is 0 Å². The van der Waals surface area contributed by atoms with Crippen LogP contribution in [0.1, 0.15) is 42.1 Å². The lowest BCUT2D eigenvalue weighted by Gasteiger charge is -2.21. The Kier molecular flexibility index (Phi) is 4.12. The molecule has 0 fully saturated rings. The predicted octanol–water partition coefficient (Wildman–Crippen LogP) is 5.04. The number of fused-ring (bicyclic) bond motifs is 1. The second kappa shape index (κ2) is 5.88. The summed E-state index contributed by atoms with van der Waals surface area (Å²) >= 11 is 12.2. The molecule has 2 aromatic rings. The number of phenols is 1. The zero-order chi connectivity index (χ0) is 15.0. The third-order valence-electron chi connectivity index (χ3n) is 4.08. The maximum absolute atomic E-state index is 9.55. The van der Waals surface area contributed by atoms with Crippen LogP contribution in [0.3, 0.4) is 0 Å². The standard InChI is InChI=1S/C17H17Cl2NO/c1-10(14-5-3-12(18)9-16(14)19)20-17-7-2-11-8-13(21)4-6-15(11)17/h3-6,8-10,17,20-21H,2,7H2,1H3. The smallest absolute Gasteiger partial charge is 0.115 e. The molecule has 0 aromatic heterocycles. The van der Waals surface area contributed by atoms with Gasteiger partial charge in [0.1, 0.15) is 5.75 Å². The third-order valence-corrected chi connectivity index (χ3v) is 4.65. The van der Waals surface area contributed by atoms with Gasteiger partial charge in [-0.3, -0.25) is 0 Å². The van der Waals surface area contributed by atoms with E-state index in [4.69, 9.17) is 23.2 Å². The summed E-state index contributed by atoms with van der Waals surface area (Å²) in [4.78, 5) is 0. The lowest BCUT2D eigenvalue weighted by Crippen LogP contribution is -2.23. The number of halogens is 2. The van der Waals surface area contributed by atoms with Gasteiger partial charge in [-0.05, 0) is 60.7 Å². The molecule has 2 nitrogen and oxygen atoms in total. The maximum atomic E-state index is 9.55. The fourth-order valence-corrected chi connectivity index (χ4v) is 3.59. The van der Waals surface area contributed by atoms with E-state index in [1.807, 2.05) is 24.3 Å². The van der Waals surface area contributed by atoms with Crippen molar-refractivity contribution < 1.29 is 5.11 Å². The summed E-state index contributed by atoms with van der Waals surface area (Å²) in [6.07, 6.45) is 2.02. The van der Waals surface area contributed by atoms with Crippen LogP contribution < -0.4 is 5.32 Å². The largest absolute Gasteiger partial charge is 0.508 e. The molecular formula is C17H17Cl2NO. The summed E-state index contributed by atoms with van der Waals surface area (Å²) in [5, 5.41) is 14.5. The number of hydrogen-bond donors (Lipinski definition) is 2. The molecule has 2 N–H and O–H groups in total. The first-order valence-corrected chi connectivity index (χ1v) is 7.83. The second-order valence-electron chi connectivity index (χ2n) is 5.53. The van der Waals surface area contributed by atoms with Gasteiger partial charge >= 0.3 is 0 Å². The molecule has 0 bridgehead atoms. The van der Waals surface area contributed by atoms with Crippen molar-refractivity contribution in [2.75, 3.05) is 0 Å². The number of aromatic hydroxyl groups is 1. The van der Waals surface area contributed by atoms with Gasteiger partial charge in [0.15, 0.2) is 0 Å². The Hall–Kier alpha value is -1.22. The van der Waals surface area contributed by atoms with Gasteiger partial charge in [0.25, 0.3) is 0 Å². The Balaban J connectivity index is 1.79. The van der Waals surface area contributed by atoms with Gasteiger partial charge in [0, 0.05) is 22.1 Å². The maximum Gasteiger partial charge on any atom is 0.115 e. The summed E-state index contributed by atoms with van der Waals surface area (Å²) in [6, 6.07) is 11.6. The van der Waals surface area contributed by atoms with Crippen molar-refractivity contribution in [2.45, 2.75) is 31.8 Å². The van der Waals surface area contributed by atoms with E-state index in [9.17, 15) is 5.11 Å². The van der Waals surface area contributed by atoms with Crippen molar-refractivity contribution in [1.82, 2.24) is 5.32 Å². The van der Waals surface area contributed by atoms with Gasteiger partial charge in [-0.1, -0.05) is 35.3 Å². The molecular weight excluding hydrogens is 305 g/mol. The number of nitrogens with one attached hydrogen (secondary N) is 1. The van der Waals surface area contributed by atoms with E-state index < -0.39 is 0 Å². The van der Waals surface area contributed by atoms with Gasteiger partial charge < -0.3 is 10.4 Å². The minimum atomic E-state index is 0.138. The van der Waals surface area contributed by atoms with Crippen LogP contribution >= 0.6 is 23.2 Å². The number of benzene rings is 2. The molecule has 0 heterocycles. The Bertz CT molecular complexity index is 672. The van der Waals surface area contributed by atoms with E-state index in [1.54, 1.807) is 12.1 Å². The molecule has 2 aromatic carbocycles. The molecule has 0 aliphatic heterocycles. The molecule has 0 saturated carbocycles. The summed E-state index contributed by atoms with van der Waals surface area (Å²) in [6.45, 7) is 2.10. The van der Waals surface area contributed by atoms with E-state index in [0.29, 0.717) is 21.8 Å². The SMILES string of the molecule is CC(NC1CCc2cc(O)ccc21)c1ccc(Cl)cc1Cl. The molecule has 1 aliphatic rings. The number of rotatable bonds is 3. The van der Waals surface area contributed by atoms with E-state index in [1.165, 1.54) is 11.1 Å². The van der Waals surface area contributed by atoms with E-state index in [-0.39, 0.29) is 6.04 Å². The van der Waals surface area contributed by atoms with Crippen LogP contribution in [0.25, 0.3) is 0 Å². The number of hydrogen-bond acceptors (Lipinski definition) is 2. The fraction of sp³-hybridized carbons (Fsp3) is 0.294. The van der Waals surface area contributed by atoms with Gasteiger partial charge in [-0.2, -0.15) is 0 Å². The third kappa shape index (κ3) is 3.03. The summed E-state index contributed by atoms with van der Waals surface area (Å²) in [5.74, 6) is 0.336. The molecule has 0 amide bonds. The van der Waals surface area contributed by atoms with Gasteiger partial charge in [0.05, 0.1) is 0 Å². The first-order chi connectivity index (χ1) is 10.0. The van der Waals surface area contributed by atoms with Crippen LogP contribution in [0.4, 0.5) is 0 Å². The molecule has 1 aliphatic carbocycles. The zero-order valence-corrected chi connectivity index (χ0v) is 13.2. The topological polar surface area (TPSA) is 32.3 Å². The predicted molar refractivity (Wildman–Crippen MR) is 87.2 cm³/mol. The monoisotopic (exact) mass is 321 g/mol. The van der Waals surface area contributed by atoms with Crippen LogP contribution in [0.5, 0.6) is 5.75 Å². The average molecular weight is 322 g/mol. The van der Waals surface area contributed by atoms with Crippen molar-refractivity contribution >= 4 is 23.2 Å². The van der Waals surface area contributed by atoms with Crippen molar-refractivity contribution in [3.8, 4) is 5.75 Å². The minimum absolute atomic E-state index is 0.138. The Morgan fingerprint density at radius 3 is 2.76 bits per heavy atom. The van der Waals surface area contributed by atoms with Crippen molar-refractivity contribution in [2.24, 2.45) is 0 Å². The molecule has 0 spiro atoms. The highest BCUT2D eigenvalue weighted by Crippen LogP contribution is 2.36. The minimum Gasteiger partial charge on any atom is -0.508 e. The molecule has 0 radical (unpaired) electrons. The number of phenolic OH excluding ortho intramolecular Hbond substituents is 1.